The van der Waals surface area contributed by atoms with Gasteiger partial charge in [-0.05, 0) is 25.3 Å². The number of thioether (sulfide) groups is 1. The Kier molecular flexibility index (Phi) is 7.62. The number of carbonyl (C=O) groups is 1. The molecule has 182 valence electrons. The topological polar surface area (TPSA) is 135 Å². The Bertz CT molecular complexity index is 1280. The molecule has 12 heteroatoms. The first-order chi connectivity index (χ1) is 16.2. The molecule has 0 unspecified atom stereocenters. The first-order valence-electron chi connectivity index (χ1n) is 9.98. The summed E-state index contributed by atoms with van der Waals surface area (Å²) in [5, 5.41) is 7.18. The molecule has 1 heterocycles. The molecular formula is C22H26N4O6S2. The summed E-state index contributed by atoms with van der Waals surface area (Å²) in [6.07, 6.45) is 1.69. The summed E-state index contributed by atoms with van der Waals surface area (Å²) in [5.74, 6) is 0.522. The number of nitrogens with one attached hydrogen (secondary N) is 1. The van der Waals surface area contributed by atoms with Crippen LogP contribution in [0.5, 0.6) is 17.2 Å². The fraction of sp³-hybridized carbons (Fsp3) is 0.273. The minimum Gasteiger partial charge on any atom is -0.493 e. The fourth-order valence-electron chi connectivity index (χ4n) is 3.27. The molecule has 0 atom stereocenters. The molecule has 3 rings (SSSR count). The lowest BCUT2D eigenvalue weighted by atomic mass is 10.2. The second-order valence-corrected chi connectivity index (χ2v) is 9.84. The van der Waals surface area contributed by atoms with Gasteiger partial charge in [0.05, 0.1) is 26.2 Å². The second kappa shape index (κ2) is 10.3. The number of carbonyl (C=O) groups excluding carboxylic acids is 1. The van der Waals surface area contributed by atoms with E-state index in [2.05, 4.69) is 10.4 Å². The molecular weight excluding hydrogens is 480 g/mol. The van der Waals surface area contributed by atoms with Crippen molar-refractivity contribution in [3.05, 3.63) is 42.0 Å². The molecule has 1 amide bonds. The van der Waals surface area contributed by atoms with Gasteiger partial charge in [-0.2, -0.15) is 5.10 Å². The van der Waals surface area contributed by atoms with Gasteiger partial charge >= 0.3 is 0 Å². The minimum atomic E-state index is -3.94. The van der Waals surface area contributed by atoms with Crippen LogP contribution in [-0.4, -0.2) is 51.7 Å². The van der Waals surface area contributed by atoms with Gasteiger partial charge in [-0.25, -0.2) is 13.1 Å². The standard InChI is InChI=1S/C22H26N4O6S2/c1-13-6-8-15(9-7-13)34(28,29)20-21(23)26(25-22(20)33-5)12-18(27)24-14-10-16(30-2)19(32-4)17(11-14)31-3/h6-11H,12,23H2,1-5H3,(H,24,27). The number of sulfone groups is 1. The molecule has 0 aliphatic heterocycles. The van der Waals surface area contributed by atoms with Crippen molar-refractivity contribution >= 4 is 39.0 Å². The number of ether oxygens (including phenoxy) is 3. The van der Waals surface area contributed by atoms with E-state index >= 15 is 0 Å². The van der Waals surface area contributed by atoms with Crippen molar-refractivity contribution in [2.75, 3.05) is 38.6 Å². The molecule has 0 saturated carbocycles. The van der Waals surface area contributed by atoms with Gasteiger partial charge in [0.25, 0.3) is 0 Å². The van der Waals surface area contributed by atoms with E-state index in [0.29, 0.717) is 22.9 Å². The Morgan fingerprint density at radius 1 is 1.09 bits per heavy atom. The van der Waals surface area contributed by atoms with E-state index in [4.69, 9.17) is 19.9 Å². The Balaban J connectivity index is 1.91. The van der Waals surface area contributed by atoms with E-state index < -0.39 is 15.7 Å². The van der Waals surface area contributed by atoms with Gasteiger partial charge in [0.1, 0.15) is 22.3 Å². The first kappa shape index (κ1) is 25.2. The molecule has 0 spiro atoms. The Morgan fingerprint density at radius 2 is 1.68 bits per heavy atom. The van der Waals surface area contributed by atoms with Gasteiger partial charge in [-0.3, -0.25) is 4.79 Å². The van der Waals surface area contributed by atoms with Crippen LogP contribution in [0.25, 0.3) is 0 Å². The second-order valence-electron chi connectivity index (χ2n) is 7.16. The zero-order valence-electron chi connectivity index (χ0n) is 19.4. The smallest absolute Gasteiger partial charge is 0.246 e. The van der Waals surface area contributed by atoms with E-state index in [1.165, 1.54) is 38.1 Å². The maximum Gasteiger partial charge on any atom is 0.246 e. The van der Waals surface area contributed by atoms with Crippen molar-refractivity contribution in [3.63, 3.8) is 0 Å². The van der Waals surface area contributed by atoms with Crippen molar-refractivity contribution in [1.29, 1.82) is 0 Å². The number of aryl methyl sites for hydroxylation is 1. The van der Waals surface area contributed by atoms with E-state index in [1.54, 1.807) is 30.5 Å². The molecule has 0 aliphatic rings. The molecule has 0 saturated heterocycles. The fourth-order valence-corrected chi connectivity index (χ4v) is 5.70. The molecule has 1 aromatic heterocycles. The number of methoxy groups -OCH3 is 3. The third-order valence-electron chi connectivity index (χ3n) is 4.95. The van der Waals surface area contributed by atoms with Crippen LogP contribution in [0.4, 0.5) is 11.5 Å². The van der Waals surface area contributed by atoms with Crippen LogP contribution in [0.1, 0.15) is 5.56 Å². The highest BCUT2D eigenvalue weighted by Crippen LogP contribution is 2.40. The molecule has 0 radical (unpaired) electrons. The molecule has 0 aliphatic carbocycles. The lowest BCUT2D eigenvalue weighted by Gasteiger charge is -2.14. The van der Waals surface area contributed by atoms with Gasteiger partial charge in [0.15, 0.2) is 11.5 Å². The van der Waals surface area contributed by atoms with Gasteiger partial charge in [0, 0.05) is 17.8 Å². The number of rotatable bonds is 9. The van der Waals surface area contributed by atoms with E-state index in [1.807, 2.05) is 6.92 Å². The minimum absolute atomic E-state index is 0.0986. The van der Waals surface area contributed by atoms with Crippen LogP contribution >= 0.6 is 11.8 Å². The summed E-state index contributed by atoms with van der Waals surface area (Å²) in [6.45, 7) is 1.56. The van der Waals surface area contributed by atoms with E-state index in [0.717, 1.165) is 17.3 Å². The van der Waals surface area contributed by atoms with Crippen LogP contribution in [0.15, 0.2) is 51.2 Å². The molecule has 2 aromatic carbocycles. The number of nitrogen functional groups attached to an aromatic ring is 1. The lowest BCUT2D eigenvalue weighted by molar-refractivity contribution is -0.116. The average Bonchev–Trinajstić information content (AvgIpc) is 3.14. The third-order valence-corrected chi connectivity index (χ3v) is 7.59. The van der Waals surface area contributed by atoms with Crippen molar-refractivity contribution in [3.8, 4) is 17.2 Å². The number of amides is 1. The number of hydrogen-bond acceptors (Lipinski definition) is 9. The predicted octanol–water partition coefficient (Wildman–Crippen LogP) is 2.99. The number of hydrogen-bond donors (Lipinski definition) is 2. The monoisotopic (exact) mass is 506 g/mol. The normalized spacial score (nSPS) is 11.2. The van der Waals surface area contributed by atoms with Crippen LogP contribution in [-0.2, 0) is 21.2 Å². The predicted molar refractivity (Wildman–Crippen MR) is 130 cm³/mol. The van der Waals surface area contributed by atoms with E-state index in [9.17, 15) is 13.2 Å². The Morgan fingerprint density at radius 3 is 2.18 bits per heavy atom. The van der Waals surface area contributed by atoms with Crippen LogP contribution in [0.3, 0.4) is 0 Å². The van der Waals surface area contributed by atoms with Crippen molar-refractivity contribution < 1.29 is 27.4 Å². The Labute approximate surface area is 202 Å². The number of benzene rings is 2. The molecule has 0 bridgehead atoms. The summed E-state index contributed by atoms with van der Waals surface area (Å²) in [6, 6.07) is 9.60. The molecule has 34 heavy (non-hydrogen) atoms. The van der Waals surface area contributed by atoms with Crippen LogP contribution in [0, 0.1) is 6.92 Å². The molecule has 0 fully saturated rings. The van der Waals surface area contributed by atoms with Gasteiger partial charge in [-0.1, -0.05) is 17.7 Å². The summed E-state index contributed by atoms with van der Waals surface area (Å²) in [5.41, 5.74) is 7.49. The van der Waals surface area contributed by atoms with E-state index in [-0.39, 0.29) is 27.2 Å². The lowest BCUT2D eigenvalue weighted by Crippen LogP contribution is -2.21. The maximum atomic E-state index is 13.3. The van der Waals surface area contributed by atoms with Crippen molar-refractivity contribution in [1.82, 2.24) is 9.78 Å². The molecule has 10 nitrogen and oxygen atoms in total. The highest BCUT2D eigenvalue weighted by Gasteiger charge is 2.29. The number of nitrogens with zero attached hydrogens (tertiary/aromatic N) is 2. The maximum absolute atomic E-state index is 13.3. The Hall–Kier alpha value is -3.38. The number of aromatic nitrogens is 2. The third kappa shape index (κ3) is 4.92. The SMILES string of the molecule is COc1cc(NC(=O)Cn2nc(SC)c(S(=O)(=O)c3ccc(C)cc3)c2N)cc(OC)c1OC. The summed E-state index contributed by atoms with van der Waals surface area (Å²) < 4.78 is 43.5. The summed E-state index contributed by atoms with van der Waals surface area (Å²) in [7, 11) is 0.471. The van der Waals surface area contributed by atoms with Crippen molar-refractivity contribution in [2.24, 2.45) is 0 Å². The van der Waals surface area contributed by atoms with Crippen molar-refractivity contribution in [2.45, 2.75) is 28.3 Å². The van der Waals surface area contributed by atoms with Gasteiger partial charge in [0.2, 0.25) is 21.5 Å². The summed E-state index contributed by atoms with van der Waals surface area (Å²) >= 11 is 1.13. The molecule has 3 aromatic rings. The van der Waals surface area contributed by atoms with Gasteiger partial charge < -0.3 is 25.3 Å². The zero-order valence-corrected chi connectivity index (χ0v) is 21.0. The van der Waals surface area contributed by atoms with Gasteiger partial charge in [-0.15, -0.1) is 11.8 Å². The summed E-state index contributed by atoms with van der Waals surface area (Å²) in [4.78, 5) is 12.7. The highest BCUT2D eigenvalue weighted by molar-refractivity contribution is 7.99. The number of nitrogens with two attached hydrogens (primary N) is 1. The number of anilines is 2. The quantitative estimate of drug-likeness (QED) is 0.420. The zero-order chi connectivity index (χ0) is 25.0. The average molecular weight is 507 g/mol. The highest BCUT2D eigenvalue weighted by atomic mass is 32.2. The first-order valence-corrected chi connectivity index (χ1v) is 12.7. The van der Waals surface area contributed by atoms with Crippen LogP contribution in [0.2, 0.25) is 0 Å². The van der Waals surface area contributed by atoms with Crippen LogP contribution < -0.4 is 25.3 Å². The largest absolute Gasteiger partial charge is 0.493 e. The molecule has 3 N–H and O–H groups in total.